The van der Waals surface area contributed by atoms with Gasteiger partial charge in [-0.1, -0.05) is 46.0 Å². The molecule has 3 heteroatoms. The van der Waals surface area contributed by atoms with E-state index in [1.54, 1.807) is 0 Å². The van der Waals surface area contributed by atoms with Crippen LogP contribution in [-0.2, 0) is 0 Å². The van der Waals surface area contributed by atoms with Crippen LogP contribution in [0.25, 0.3) is 0 Å². The molecular formula is C13H28AlLiN. The Kier molecular flexibility index (Phi) is 9.70. The first-order valence-electron chi connectivity index (χ1n) is 6.83. The summed E-state index contributed by atoms with van der Waals surface area (Å²) in [5.74, 6) is 1.81. The molecule has 0 unspecified atom stereocenters. The van der Waals surface area contributed by atoms with E-state index in [0.29, 0.717) is 0 Å². The van der Waals surface area contributed by atoms with E-state index in [0.717, 1.165) is 11.8 Å². The van der Waals surface area contributed by atoms with E-state index in [1.165, 1.54) is 42.9 Å². The van der Waals surface area contributed by atoms with Crippen LogP contribution in [0.4, 0.5) is 0 Å². The molecule has 1 nitrogen and oxygen atoms in total. The van der Waals surface area contributed by atoms with E-state index in [4.69, 9.17) is 0 Å². The Morgan fingerprint density at radius 3 is 1.69 bits per heavy atom. The summed E-state index contributed by atoms with van der Waals surface area (Å²) in [4.78, 5) is 0. The van der Waals surface area contributed by atoms with Gasteiger partial charge in [-0.2, -0.15) is 0 Å². The van der Waals surface area contributed by atoms with Gasteiger partial charge in [-0.15, -0.1) is 0 Å². The third kappa shape index (κ3) is 6.74. The van der Waals surface area contributed by atoms with E-state index >= 15 is 0 Å². The smallest absolute Gasteiger partial charge is 0.539 e. The van der Waals surface area contributed by atoms with Gasteiger partial charge in [-0.05, 0) is 25.9 Å². The molecule has 0 spiro atoms. The third-order valence-electron chi connectivity index (χ3n) is 3.39. The summed E-state index contributed by atoms with van der Waals surface area (Å²) in [7, 11) is 0. The summed E-state index contributed by atoms with van der Waals surface area (Å²) in [5, 5.41) is 3.05. The second-order valence-electron chi connectivity index (χ2n) is 6.01. The molecule has 1 rings (SSSR count). The molecule has 0 aromatic heterocycles. The maximum absolute atomic E-state index is 2.89. The first-order valence-corrected chi connectivity index (χ1v) is 8.98. The van der Waals surface area contributed by atoms with E-state index in [-0.39, 0.29) is 18.9 Å². The predicted molar refractivity (Wildman–Crippen MR) is 70.5 cm³/mol. The molecular weight excluding hydrogens is 204 g/mol. The zero-order chi connectivity index (χ0) is 11.3. The first kappa shape index (κ1) is 17.1. The first-order chi connectivity index (χ1) is 7.09. The van der Waals surface area contributed by atoms with Gasteiger partial charge in [0.1, 0.15) is 0 Å². The van der Waals surface area contributed by atoms with Crippen molar-refractivity contribution in [1.29, 1.82) is 0 Å². The molecule has 1 heterocycles. The summed E-state index contributed by atoms with van der Waals surface area (Å²) in [6, 6.07) is 0. The van der Waals surface area contributed by atoms with Crippen molar-refractivity contribution in [2.45, 2.75) is 57.5 Å². The van der Waals surface area contributed by atoms with Gasteiger partial charge in [0.05, 0.1) is 14.4 Å². The van der Waals surface area contributed by atoms with Crippen LogP contribution in [-0.4, -0.2) is 31.3 Å². The Balaban J connectivity index is 0.00000225. The van der Waals surface area contributed by atoms with Gasteiger partial charge in [0, 0.05) is 0 Å². The van der Waals surface area contributed by atoms with Crippen molar-refractivity contribution in [3.63, 3.8) is 0 Å². The van der Waals surface area contributed by atoms with Crippen LogP contribution in [0, 0.1) is 11.8 Å². The van der Waals surface area contributed by atoms with Gasteiger partial charge in [0.25, 0.3) is 0 Å². The second-order valence-corrected chi connectivity index (χ2v) is 8.99. The summed E-state index contributed by atoms with van der Waals surface area (Å²) in [6.07, 6.45) is 4.39. The standard InChI is InChI=1S/C5H10N.2C4H9.Al.Li/c1-2-4-6-5-3-1;2*1-4(2)3;;/h1-5H2;2*4H,1H2,2-3H3;;/q-1;;;;+1. The Bertz CT molecular complexity index is 157. The van der Waals surface area contributed by atoms with Crippen LogP contribution in [0.15, 0.2) is 0 Å². The minimum absolute atomic E-state index is 0. The molecule has 16 heavy (non-hydrogen) atoms. The summed E-state index contributed by atoms with van der Waals surface area (Å²) < 4.78 is 2.89. The Morgan fingerprint density at radius 2 is 1.31 bits per heavy atom. The van der Waals surface area contributed by atoms with Gasteiger partial charge in [-0.3, -0.25) is 0 Å². The molecule has 0 atom stereocenters. The molecule has 1 fully saturated rings. The zero-order valence-corrected chi connectivity index (χ0v) is 13.3. The molecule has 1 aliphatic heterocycles. The van der Waals surface area contributed by atoms with Gasteiger partial charge in [0.2, 0.25) is 0 Å². The van der Waals surface area contributed by atoms with Crippen LogP contribution in [0.1, 0.15) is 47.0 Å². The summed E-state index contributed by atoms with van der Waals surface area (Å²) in [5.41, 5.74) is 0. The maximum Gasteiger partial charge on any atom is 1.00 e. The predicted octanol–water partition coefficient (Wildman–Crippen LogP) is 0.780. The van der Waals surface area contributed by atoms with Crippen LogP contribution in [0.3, 0.4) is 0 Å². The van der Waals surface area contributed by atoms with Crippen molar-refractivity contribution in [3.05, 3.63) is 0 Å². The second kappa shape index (κ2) is 9.08. The van der Waals surface area contributed by atoms with E-state index in [1.807, 2.05) is 0 Å². The average molecular weight is 232 g/mol. The normalized spacial score (nSPS) is 18.2. The van der Waals surface area contributed by atoms with Crippen molar-refractivity contribution >= 4 is 14.4 Å². The molecule has 0 saturated carbocycles. The quantitative estimate of drug-likeness (QED) is 0.633. The fraction of sp³-hybridized carbons (Fsp3) is 1.00. The summed E-state index contributed by atoms with van der Waals surface area (Å²) >= 11 is -0.598. The molecule has 1 radical (unpaired) electrons. The van der Waals surface area contributed by atoms with Gasteiger partial charge < -0.3 is 3.88 Å². The topological polar surface area (TPSA) is 3.24 Å². The van der Waals surface area contributed by atoms with Gasteiger partial charge >= 0.3 is 18.9 Å². The Morgan fingerprint density at radius 1 is 0.875 bits per heavy atom. The largest absolute Gasteiger partial charge is 1.00 e. The zero-order valence-electron chi connectivity index (χ0n) is 12.1. The van der Waals surface area contributed by atoms with E-state index < -0.39 is 14.4 Å². The van der Waals surface area contributed by atoms with Crippen LogP contribution < -0.4 is 18.9 Å². The maximum atomic E-state index is 2.89. The number of piperidine rings is 1. The van der Waals surface area contributed by atoms with Crippen LogP contribution in [0.2, 0.25) is 10.6 Å². The monoisotopic (exact) mass is 232 g/mol. The Hall–Kier alpha value is 1.09. The van der Waals surface area contributed by atoms with Crippen molar-refractivity contribution < 1.29 is 18.9 Å². The molecule has 0 aliphatic carbocycles. The molecule has 89 valence electrons. The van der Waals surface area contributed by atoms with Crippen molar-refractivity contribution in [1.82, 2.24) is 3.88 Å². The third-order valence-corrected chi connectivity index (χ3v) is 7.92. The number of rotatable bonds is 5. The number of hydrogen-bond acceptors (Lipinski definition) is 1. The molecule has 0 amide bonds. The van der Waals surface area contributed by atoms with Crippen molar-refractivity contribution in [2.75, 3.05) is 13.1 Å². The molecule has 1 aliphatic rings. The molecule has 0 bridgehead atoms. The van der Waals surface area contributed by atoms with Gasteiger partial charge in [0.15, 0.2) is 0 Å². The summed E-state index contributed by atoms with van der Waals surface area (Å²) in [6.45, 7) is 12.4. The van der Waals surface area contributed by atoms with Crippen molar-refractivity contribution in [3.8, 4) is 0 Å². The average Bonchev–Trinajstić information content (AvgIpc) is 2.17. The van der Waals surface area contributed by atoms with Crippen LogP contribution in [0.5, 0.6) is 0 Å². The molecule has 0 N–H and O–H groups in total. The van der Waals surface area contributed by atoms with E-state index in [2.05, 4.69) is 31.6 Å². The number of nitrogens with zero attached hydrogens (tertiary/aromatic N) is 1. The molecule has 1 saturated heterocycles. The minimum Gasteiger partial charge on any atom is -0.539 e. The van der Waals surface area contributed by atoms with Crippen LogP contribution >= 0.6 is 0 Å². The van der Waals surface area contributed by atoms with E-state index in [9.17, 15) is 0 Å². The molecule has 0 aromatic carbocycles. The minimum atomic E-state index is -0.598. The van der Waals surface area contributed by atoms with Crippen molar-refractivity contribution in [2.24, 2.45) is 11.8 Å². The molecule has 0 aromatic rings. The Labute approximate surface area is 119 Å². The van der Waals surface area contributed by atoms with Gasteiger partial charge in [-0.25, -0.2) is 10.6 Å². The number of hydrogen-bond donors (Lipinski definition) is 0. The fourth-order valence-electron chi connectivity index (χ4n) is 2.77. The SMILES string of the molecule is CC(C)[CH2][Al-]([CH2]C(C)C)[N]1CCCCC1.[Li+]. The fourth-order valence-corrected chi connectivity index (χ4v) is 6.83.